The van der Waals surface area contributed by atoms with E-state index in [1.807, 2.05) is 25.1 Å². The minimum Gasteiger partial charge on any atom is -0.488 e. The Morgan fingerprint density at radius 2 is 2.22 bits per heavy atom. The summed E-state index contributed by atoms with van der Waals surface area (Å²) in [5.41, 5.74) is 1.25. The van der Waals surface area contributed by atoms with Gasteiger partial charge in [-0.15, -0.1) is 0 Å². The summed E-state index contributed by atoms with van der Waals surface area (Å²) in [6, 6.07) is 8.14. The molecule has 1 aromatic heterocycles. The number of hydrogen-bond donors (Lipinski definition) is 2. The molecule has 1 aliphatic rings. The van der Waals surface area contributed by atoms with Crippen LogP contribution in [0, 0.1) is 6.92 Å². The predicted octanol–water partition coefficient (Wildman–Crippen LogP) is 1.44. The minimum absolute atomic E-state index is 0.113. The molecular formula is C16H21N5O2. The number of rotatable bonds is 5. The second kappa shape index (κ2) is 7.13. The van der Waals surface area contributed by atoms with Crippen molar-refractivity contribution in [3.63, 3.8) is 0 Å². The Balaban J connectivity index is 1.54. The molecule has 2 N–H and O–H groups in total. The summed E-state index contributed by atoms with van der Waals surface area (Å²) >= 11 is 0. The molecule has 0 bridgehead atoms. The quantitative estimate of drug-likeness (QED) is 0.641. The van der Waals surface area contributed by atoms with Crippen LogP contribution >= 0.6 is 0 Å². The van der Waals surface area contributed by atoms with Crippen LogP contribution in [0.1, 0.15) is 24.2 Å². The third kappa shape index (κ3) is 4.00. The van der Waals surface area contributed by atoms with Crippen molar-refractivity contribution in [3.05, 3.63) is 41.5 Å². The van der Waals surface area contributed by atoms with Crippen molar-refractivity contribution in [1.82, 2.24) is 20.8 Å². The van der Waals surface area contributed by atoms with Crippen LogP contribution in [0.3, 0.4) is 0 Å². The van der Waals surface area contributed by atoms with E-state index in [9.17, 15) is 0 Å². The number of hydrogen-bond acceptors (Lipinski definition) is 5. The zero-order valence-corrected chi connectivity index (χ0v) is 13.4. The highest BCUT2D eigenvalue weighted by atomic mass is 16.5. The first kappa shape index (κ1) is 15.3. The zero-order valence-electron chi connectivity index (χ0n) is 13.4. The van der Waals surface area contributed by atoms with Crippen LogP contribution in [-0.2, 0) is 13.0 Å². The Bertz CT molecular complexity index is 658. The molecule has 7 nitrogen and oxygen atoms in total. The second-order valence-corrected chi connectivity index (χ2v) is 5.36. The number of benzene rings is 1. The van der Waals surface area contributed by atoms with E-state index in [1.165, 1.54) is 5.56 Å². The van der Waals surface area contributed by atoms with E-state index in [2.05, 4.69) is 31.8 Å². The summed E-state index contributed by atoms with van der Waals surface area (Å²) < 4.78 is 11.0. The molecule has 23 heavy (non-hydrogen) atoms. The highest BCUT2D eigenvalue weighted by molar-refractivity contribution is 5.79. The van der Waals surface area contributed by atoms with Crippen molar-refractivity contribution in [3.8, 4) is 5.75 Å². The fourth-order valence-corrected chi connectivity index (χ4v) is 2.47. The fraction of sp³-hybridized carbons (Fsp3) is 0.438. The molecular weight excluding hydrogens is 294 g/mol. The molecule has 3 rings (SSSR count). The number of aromatic nitrogens is 2. The number of ether oxygens (including phenoxy) is 1. The molecule has 0 aliphatic carbocycles. The lowest BCUT2D eigenvalue weighted by Crippen LogP contribution is -2.42. The molecule has 0 saturated heterocycles. The average Bonchev–Trinajstić information content (AvgIpc) is 3.15. The summed E-state index contributed by atoms with van der Waals surface area (Å²) in [5, 5.41) is 10.3. The molecule has 0 saturated carbocycles. The molecule has 2 heterocycles. The summed E-state index contributed by atoms with van der Waals surface area (Å²) in [7, 11) is 0. The number of para-hydroxylation sites is 1. The largest absolute Gasteiger partial charge is 0.488 e. The van der Waals surface area contributed by atoms with Gasteiger partial charge in [0.2, 0.25) is 5.89 Å². The fourth-order valence-electron chi connectivity index (χ4n) is 2.47. The number of nitrogens with zero attached hydrogens (tertiary/aromatic N) is 3. The molecule has 1 aromatic carbocycles. The predicted molar refractivity (Wildman–Crippen MR) is 86.4 cm³/mol. The van der Waals surface area contributed by atoms with Gasteiger partial charge in [0.1, 0.15) is 18.4 Å². The van der Waals surface area contributed by atoms with E-state index in [0.717, 1.165) is 18.7 Å². The lowest BCUT2D eigenvalue weighted by molar-refractivity contribution is 0.235. The van der Waals surface area contributed by atoms with E-state index < -0.39 is 0 Å². The van der Waals surface area contributed by atoms with Gasteiger partial charge in [-0.3, -0.25) is 0 Å². The van der Waals surface area contributed by atoms with Gasteiger partial charge < -0.3 is 19.9 Å². The molecule has 1 unspecified atom stereocenters. The standard InChI is InChI=1S/C16H21N5O2/c1-3-17-16(19-10-15-20-11(2)21-23-15)18-9-13-8-12-6-4-5-7-14(12)22-13/h4-7,13H,3,8-10H2,1-2H3,(H2,17,18,19). The topological polar surface area (TPSA) is 84.6 Å². The van der Waals surface area contributed by atoms with Crippen LogP contribution in [0.4, 0.5) is 0 Å². The van der Waals surface area contributed by atoms with Crippen LogP contribution in [0.25, 0.3) is 0 Å². The first-order valence-electron chi connectivity index (χ1n) is 7.80. The summed E-state index contributed by atoms with van der Waals surface area (Å²) in [4.78, 5) is 8.59. The van der Waals surface area contributed by atoms with Crippen molar-refractivity contribution in [2.75, 3.05) is 13.1 Å². The van der Waals surface area contributed by atoms with E-state index in [1.54, 1.807) is 6.92 Å². The van der Waals surface area contributed by atoms with E-state index >= 15 is 0 Å². The van der Waals surface area contributed by atoms with Crippen molar-refractivity contribution >= 4 is 5.96 Å². The summed E-state index contributed by atoms with van der Waals surface area (Å²) in [5.74, 6) is 2.81. The Hall–Kier alpha value is -2.57. The Morgan fingerprint density at radius 1 is 1.35 bits per heavy atom. The maximum Gasteiger partial charge on any atom is 0.248 e. The summed E-state index contributed by atoms with van der Waals surface area (Å²) in [6.07, 6.45) is 1.02. The first-order chi connectivity index (χ1) is 11.2. The number of nitrogens with one attached hydrogen (secondary N) is 2. The molecule has 1 aliphatic heterocycles. The number of guanidine groups is 1. The van der Waals surface area contributed by atoms with Gasteiger partial charge in [0.05, 0.1) is 6.54 Å². The van der Waals surface area contributed by atoms with E-state index in [0.29, 0.717) is 30.8 Å². The highest BCUT2D eigenvalue weighted by Gasteiger charge is 2.22. The van der Waals surface area contributed by atoms with E-state index in [-0.39, 0.29) is 6.10 Å². The zero-order chi connectivity index (χ0) is 16.1. The van der Waals surface area contributed by atoms with Gasteiger partial charge in [-0.2, -0.15) is 4.98 Å². The van der Waals surface area contributed by atoms with Crippen LogP contribution < -0.4 is 15.4 Å². The average molecular weight is 315 g/mol. The normalized spacial score (nSPS) is 16.8. The molecule has 1 atom stereocenters. The van der Waals surface area contributed by atoms with Crippen molar-refractivity contribution in [2.45, 2.75) is 32.9 Å². The van der Waals surface area contributed by atoms with Gasteiger partial charge >= 0.3 is 0 Å². The lowest BCUT2D eigenvalue weighted by Gasteiger charge is -2.15. The maximum atomic E-state index is 5.92. The van der Waals surface area contributed by atoms with Gasteiger partial charge in [-0.25, -0.2) is 4.99 Å². The van der Waals surface area contributed by atoms with Crippen LogP contribution in [0.15, 0.2) is 33.8 Å². The molecule has 7 heteroatoms. The molecule has 122 valence electrons. The van der Waals surface area contributed by atoms with Gasteiger partial charge in [-0.1, -0.05) is 23.4 Å². The van der Waals surface area contributed by atoms with Gasteiger partial charge in [-0.05, 0) is 25.5 Å². The third-order valence-electron chi connectivity index (χ3n) is 3.50. The molecule has 2 aromatic rings. The van der Waals surface area contributed by atoms with Crippen molar-refractivity contribution in [1.29, 1.82) is 0 Å². The van der Waals surface area contributed by atoms with Crippen LogP contribution in [0.2, 0.25) is 0 Å². The minimum atomic E-state index is 0.113. The van der Waals surface area contributed by atoms with E-state index in [4.69, 9.17) is 9.26 Å². The van der Waals surface area contributed by atoms with Crippen molar-refractivity contribution < 1.29 is 9.26 Å². The third-order valence-corrected chi connectivity index (χ3v) is 3.50. The lowest BCUT2D eigenvalue weighted by atomic mass is 10.1. The van der Waals surface area contributed by atoms with Gasteiger partial charge in [0, 0.05) is 13.0 Å². The maximum absolute atomic E-state index is 5.92. The second-order valence-electron chi connectivity index (χ2n) is 5.36. The molecule has 0 fully saturated rings. The smallest absolute Gasteiger partial charge is 0.248 e. The molecule has 0 radical (unpaired) electrons. The van der Waals surface area contributed by atoms with Crippen LogP contribution in [-0.4, -0.2) is 35.3 Å². The number of aryl methyl sites for hydroxylation is 1. The van der Waals surface area contributed by atoms with Crippen LogP contribution in [0.5, 0.6) is 5.75 Å². The Kier molecular flexibility index (Phi) is 4.75. The Labute approximate surface area is 135 Å². The monoisotopic (exact) mass is 315 g/mol. The highest BCUT2D eigenvalue weighted by Crippen LogP contribution is 2.27. The number of aliphatic imine (C=N–C) groups is 1. The first-order valence-corrected chi connectivity index (χ1v) is 7.80. The van der Waals surface area contributed by atoms with Gasteiger partial charge in [0.15, 0.2) is 11.8 Å². The van der Waals surface area contributed by atoms with Crippen molar-refractivity contribution in [2.24, 2.45) is 4.99 Å². The molecule has 0 amide bonds. The summed E-state index contributed by atoms with van der Waals surface area (Å²) in [6.45, 7) is 5.62. The molecule has 0 spiro atoms. The van der Waals surface area contributed by atoms with Gasteiger partial charge in [0.25, 0.3) is 0 Å². The number of fused-ring (bicyclic) bond motifs is 1. The SMILES string of the molecule is CCNC(=NCc1nc(C)no1)NCC1Cc2ccccc2O1. The Morgan fingerprint density at radius 3 is 2.96 bits per heavy atom.